The Labute approximate surface area is 208 Å². The van der Waals surface area contributed by atoms with Crippen molar-refractivity contribution >= 4 is 44.4 Å². The molecule has 3 aromatic carbocycles. The smallest absolute Gasteiger partial charge is 0.336 e. The minimum atomic E-state index is -3.89. The zero-order valence-electron chi connectivity index (χ0n) is 19.4. The molecule has 35 heavy (non-hydrogen) atoms. The number of nitrogens with zero attached hydrogens (tertiary/aromatic N) is 1. The van der Waals surface area contributed by atoms with Gasteiger partial charge in [-0.15, -0.1) is 3.97 Å². The number of anilines is 1. The minimum absolute atomic E-state index is 0.0262. The van der Waals surface area contributed by atoms with Crippen LogP contribution in [0, 0.1) is 0 Å². The van der Waals surface area contributed by atoms with E-state index in [1.54, 1.807) is 66.7 Å². The van der Waals surface area contributed by atoms with Gasteiger partial charge in [0.15, 0.2) is 11.0 Å². The summed E-state index contributed by atoms with van der Waals surface area (Å²) in [4.78, 5) is 16.2. The van der Waals surface area contributed by atoms with E-state index in [1.165, 1.54) is 3.97 Å². The van der Waals surface area contributed by atoms with Crippen LogP contribution in [0.2, 0.25) is 0 Å². The van der Waals surface area contributed by atoms with Crippen molar-refractivity contribution in [2.75, 3.05) is 24.3 Å². The van der Waals surface area contributed by atoms with E-state index in [0.29, 0.717) is 46.6 Å². The van der Waals surface area contributed by atoms with Crippen molar-refractivity contribution in [3.05, 3.63) is 72.8 Å². The molecule has 4 aromatic rings. The summed E-state index contributed by atoms with van der Waals surface area (Å²) in [6.07, 6.45) is 0. The van der Waals surface area contributed by atoms with Crippen LogP contribution < -0.4 is 18.8 Å². The fourth-order valence-corrected chi connectivity index (χ4v) is 6.11. The lowest BCUT2D eigenvalue weighted by Crippen LogP contribution is -2.44. The number of aromatic nitrogens is 2. The first kappa shape index (κ1) is 24.6. The van der Waals surface area contributed by atoms with Crippen LogP contribution in [0.1, 0.15) is 13.8 Å². The van der Waals surface area contributed by atoms with E-state index in [2.05, 4.69) is 10.3 Å². The summed E-state index contributed by atoms with van der Waals surface area (Å²) >= 11 is 1.10. The molecule has 2 N–H and O–H groups in total. The third kappa shape index (κ3) is 5.44. The molecule has 0 aliphatic rings. The molecule has 4 rings (SSSR count). The molecule has 0 radical (unpaired) electrons. The number of nitrogens with one attached hydrogen (secondary N) is 2. The number of carbonyl (C=O) groups excluding carboxylic acids is 1. The highest BCUT2D eigenvalue weighted by Crippen LogP contribution is 2.30. The summed E-state index contributed by atoms with van der Waals surface area (Å²) in [7, 11) is -3.89. The second kappa shape index (κ2) is 10.8. The average Bonchev–Trinajstić information content (AvgIpc) is 3.24. The predicted octanol–water partition coefficient (Wildman–Crippen LogP) is 4.22. The quantitative estimate of drug-likeness (QED) is 0.244. The van der Waals surface area contributed by atoms with Crippen molar-refractivity contribution in [3.8, 4) is 11.5 Å². The van der Waals surface area contributed by atoms with Gasteiger partial charge in [-0.25, -0.2) is 4.98 Å². The molecule has 182 valence electrons. The highest BCUT2D eigenvalue weighted by Gasteiger charge is 2.32. The molecule has 0 fully saturated rings. The van der Waals surface area contributed by atoms with Gasteiger partial charge in [0.05, 0.1) is 24.7 Å². The van der Waals surface area contributed by atoms with Gasteiger partial charge in [0.1, 0.15) is 16.4 Å². The summed E-state index contributed by atoms with van der Waals surface area (Å²) in [6, 6.07) is 20.6. The molecule has 0 atom stereocenters. The number of carbonyl (C=O) groups is 1. The first-order valence-electron chi connectivity index (χ1n) is 11.1. The Morgan fingerprint density at radius 3 is 2.43 bits per heavy atom. The second-order valence-electron chi connectivity index (χ2n) is 7.39. The second-order valence-corrected chi connectivity index (χ2v) is 10.1. The number of ether oxygens (including phenoxy) is 2. The molecular weight excluding hydrogens is 486 g/mol. The standard InChI is InChI=1S/C25H25N3O5S2/c1-3-32-18-14-15-23(33-4-2)21(16-18)26-24(29)17-34-25-27-20-12-8-9-13-22(20)28(25)35(30,31)19-10-6-5-7-11-19/h5-16H,3-4,17H2,1-2H3,(H,26,29)/p+1. The summed E-state index contributed by atoms with van der Waals surface area (Å²) in [5.74, 6) is 0.802. The Morgan fingerprint density at radius 1 is 0.971 bits per heavy atom. The van der Waals surface area contributed by atoms with E-state index < -0.39 is 10.0 Å². The summed E-state index contributed by atoms with van der Waals surface area (Å²) in [6.45, 7) is 4.68. The molecule has 0 saturated carbocycles. The molecule has 0 saturated heterocycles. The fraction of sp³-hybridized carbons (Fsp3) is 0.200. The van der Waals surface area contributed by atoms with Gasteiger partial charge < -0.3 is 14.8 Å². The fourth-order valence-electron chi connectivity index (χ4n) is 3.53. The zero-order chi connectivity index (χ0) is 24.8. The maximum atomic E-state index is 13.5. The van der Waals surface area contributed by atoms with E-state index in [0.717, 1.165) is 11.8 Å². The molecule has 1 aromatic heterocycles. The lowest BCUT2D eigenvalue weighted by atomic mass is 10.2. The van der Waals surface area contributed by atoms with Crippen LogP contribution in [0.4, 0.5) is 5.69 Å². The zero-order valence-corrected chi connectivity index (χ0v) is 21.0. The molecule has 0 unspecified atom stereocenters. The normalized spacial score (nSPS) is 11.4. The molecule has 0 aliphatic heterocycles. The molecule has 0 aliphatic carbocycles. The molecule has 10 heteroatoms. The van der Waals surface area contributed by atoms with E-state index in [1.807, 2.05) is 19.9 Å². The van der Waals surface area contributed by atoms with Crippen molar-refractivity contribution < 1.29 is 26.7 Å². The van der Waals surface area contributed by atoms with Gasteiger partial charge in [0, 0.05) is 6.07 Å². The highest BCUT2D eigenvalue weighted by atomic mass is 32.2. The Morgan fingerprint density at radius 2 is 1.69 bits per heavy atom. The maximum Gasteiger partial charge on any atom is 0.336 e. The average molecular weight is 513 g/mol. The van der Waals surface area contributed by atoms with Crippen LogP contribution in [0.25, 0.3) is 11.0 Å². The van der Waals surface area contributed by atoms with Crippen LogP contribution in [-0.4, -0.2) is 38.3 Å². The molecule has 1 amide bonds. The van der Waals surface area contributed by atoms with Gasteiger partial charge in [0.2, 0.25) is 5.91 Å². The number of hydrogen-bond acceptors (Lipinski definition) is 6. The number of fused-ring (bicyclic) bond motifs is 1. The number of benzene rings is 3. The third-order valence-electron chi connectivity index (χ3n) is 5.01. The van der Waals surface area contributed by atoms with Gasteiger partial charge in [-0.1, -0.05) is 30.3 Å². The van der Waals surface area contributed by atoms with Crippen molar-refractivity contribution in [1.29, 1.82) is 0 Å². The number of para-hydroxylation sites is 2. The number of thioether (sulfide) groups is 1. The number of rotatable bonds is 10. The van der Waals surface area contributed by atoms with Crippen molar-refractivity contribution in [1.82, 2.24) is 4.98 Å². The lowest BCUT2D eigenvalue weighted by molar-refractivity contribution is -0.526. The van der Waals surface area contributed by atoms with Crippen molar-refractivity contribution in [2.45, 2.75) is 23.9 Å². The van der Waals surface area contributed by atoms with Gasteiger partial charge >= 0.3 is 15.2 Å². The number of H-pyrrole nitrogens is 1. The highest BCUT2D eigenvalue weighted by molar-refractivity contribution is 8.00. The van der Waals surface area contributed by atoms with Crippen LogP contribution in [-0.2, 0) is 14.8 Å². The SMILES string of the molecule is CCOc1ccc(OCC)c(NC(=O)CSc2[nH]c3ccccc3[n+]2S(=O)(=O)c2ccccc2)c1. The van der Waals surface area contributed by atoms with E-state index in [-0.39, 0.29) is 16.6 Å². The van der Waals surface area contributed by atoms with Gasteiger partial charge in [-0.2, -0.15) is 8.42 Å². The van der Waals surface area contributed by atoms with Gasteiger partial charge in [-0.3, -0.25) is 4.79 Å². The topological polar surface area (TPSA) is 101 Å². The van der Waals surface area contributed by atoms with Crippen LogP contribution in [0.3, 0.4) is 0 Å². The van der Waals surface area contributed by atoms with E-state index in [4.69, 9.17) is 9.47 Å². The van der Waals surface area contributed by atoms with E-state index in [9.17, 15) is 13.2 Å². The first-order valence-corrected chi connectivity index (χ1v) is 13.5. The Bertz CT molecular complexity index is 1440. The van der Waals surface area contributed by atoms with Gasteiger partial charge in [0.25, 0.3) is 0 Å². The van der Waals surface area contributed by atoms with Crippen LogP contribution in [0.15, 0.2) is 82.8 Å². The number of imidazole rings is 1. The predicted molar refractivity (Wildman–Crippen MR) is 136 cm³/mol. The molecule has 0 spiro atoms. The Hall–Kier alpha value is -3.50. The first-order chi connectivity index (χ1) is 16.9. The van der Waals surface area contributed by atoms with Crippen molar-refractivity contribution in [2.24, 2.45) is 0 Å². The molecule has 1 heterocycles. The molecule has 0 bridgehead atoms. The number of aromatic amines is 1. The van der Waals surface area contributed by atoms with Crippen LogP contribution >= 0.6 is 11.8 Å². The molecule has 8 nitrogen and oxygen atoms in total. The number of amides is 1. The monoisotopic (exact) mass is 512 g/mol. The Balaban J connectivity index is 1.60. The maximum absolute atomic E-state index is 13.5. The van der Waals surface area contributed by atoms with Crippen molar-refractivity contribution in [3.63, 3.8) is 0 Å². The number of hydrogen-bond donors (Lipinski definition) is 2. The summed E-state index contributed by atoms with van der Waals surface area (Å²) in [5.41, 5.74) is 1.64. The van der Waals surface area contributed by atoms with Crippen LogP contribution in [0.5, 0.6) is 11.5 Å². The Kier molecular flexibility index (Phi) is 7.62. The van der Waals surface area contributed by atoms with E-state index >= 15 is 0 Å². The third-order valence-corrected chi connectivity index (χ3v) is 7.81. The molecular formula is C25H26N3O5S2+. The lowest BCUT2D eigenvalue weighted by Gasteiger charge is -2.13. The minimum Gasteiger partial charge on any atom is -0.494 e. The van der Waals surface area contributed by atoms with Gasteiger partial charge in [-0.05, 0) is 62.0 Å². The summed E-state index contributed by atoms with van der Waals surface area (Å²) < 4.78 is 39.4. The largest absolute Gasteiger partial charge is 0.494 e. The summed E-state index contributed by atoms with van der Waals surface area (Å²) in [5, 5.41) is 3.18.